The third kappa shape index (κ3) is 5.33. The molecule has 2 aromatic heterocycles. The zero-order chi connectivity index (χ0) is 22.5. The summed E-state index contributed by atoms with van der Waals surface area (Å²) in [5, 5.41) is 8.59. The molecule has 1 aliphatic carbocycles. The van der Waals surface area contributed by atoms with E-state index in [-0.39, 0.29) is 6.10 Å². The smallest absolute Gasteiger partial charge is 0.137 e. The second-order valence-electron chi connectivity index (χ2n) is 9.16. The fourth-order valence-corrected chi connectivity index (χ4v) is 4.84. The van der Waals surface area contributed by atoms with Crippen LogP contribution in [0, 0.1) is 13.8 Å². The van der Waals surface area contributed by atoms with Gasteiger partial charge in [0.05, 0.1) is 17.2 Å². The molecule has 1 aliphatic rings. The number of benzene rings is 1. The molecule has 0 amide bonds. The Morgan fingerprint density at radius 1 is 1.09 bits per heavy atom. The number of methoxy groups -OCH3 is 1. The van der Waals surface area contributed by atoms with E-state index in [1.54, 1.807) is 0 Å². The van der Waals surface area contributed by atoms with E-state index < -0.39 is 0 Å². The summed E-state index contributed by atoms with van der Waals surface area (Å²) in [5.74, 6) is 2.57. The van der Waals surface area contributed by atoms with Crippen LogP contribution in [0.2, 0.25) is 0 Å². The average molecular weight is 436 g/mol. The molecule has 172 valence electrons. The van der Waals surface area contributed by atoms with Crippen molar-refractivity contribution in [3.05, 3.63) is 47.7 Å². The first-order chi connectivity index (χ1) is 15.6. The first-order valence-corrected chi connectivity index (χ1v) is 12.1. The Labute approximate surface area is 192 Å². The quantitative estimate of drug-likeness (QED) is 0.417. The number of hydrogen-bond acceptors (Lipinski definition) is 5. The maximum atomic E-state index is 5.97. The lowest BCUT2D eigenvalue weighted by Crippen LogP contribution is -2.49. The molecule has 0 spiro atoms. The molecule has 0 bridgehead atoms. The zero-order valence-corrected chi connectivity index (χ0v) is 19.9. The van der Waals surface area contributed by atoms with Crippen LogP contribution < -0.4 is 10.6 Å². The summed E-state index contributed by atoms with van der Waals surface area (Å²) in [4.78, 5) is 4.96. The summed E-state index contributed by atoms with van der Waals surface area (Å²) in [7, 11) is 1.81. The standard InChI is InChI=1S/C27H37N3O2/c1-5-23(29-21-9-7-6-8-10-21)26(31-4)17-28-27-22(25-14-12-19(3)32-25)16-20-15-18(2)11-13-24(20)30-27/h11-16,21,23,26,29H,5-10,17H2,1-4H3,(H,28,30)/t23-,26+/m1/s1. The molecule has 1 fully saturated rings. The molecule has 5 nitrogen and oxygen atoms in total. The van der Waals surface area contributed by atoms with Crippen molar-refractivity contribution in [1.82, 2.24) is 10.3 Å². The molecule has 1 saturated carbocycles. The van der Waals surface area contributed by atoms with E-state index in [0.29, 0.717) is 18.6 Å². The molecular weight excluding hydrogens is 398 g/mol. The molecule has 2 N–H and O–H groups in total. The number of hydrogen-bond donors (Lipinski definition) is 2. The van der Waals surface area contributed by atoms with Crippen molar-refractivity contribution >= 4 is 16.7 Å². The van der Waals surface area contributed by atoms with E-state index in [2.05, 4.69) is 48.7 Å². The predicted molar refractivity (Wildman–Crippen MR) is 132 cm³/mol. The second kappa shape index (κ2) is 10.5. The maximum Gasteiger partial charge on any atom is 0.137 e. The maximum absolute atomic E-state index is 5.97. The highest BCUT2D eigenvalue weighted by molar-refractivity contribution is 5.88. The van der Waals surface area contributed by atoms with Gasteiger partial charge in [-0.2, -0.15) is 0 Å². The van der Waals surface area contributed by atoms with E-state index in [0.717, 1.165) is 40.2 Å². The fraction of sp³-hybridized carbons (Fsp3) is 0.519. The minimum atomic E-state index is 0.0589. The Bertz CT molecular complexity index is 1020. The van der Waals surface area contributed by atoms with Crippen LogP contribution in [0.25, 0.3) is 22.2 Å². The minimum absolute atomic E-state index is 0.0589. The van der Waals surface area contributed by atoms with Crippen molar-refractivity contribution in [2.45, 2.75) is 77.5 Å². The molecule has 32 heavy (non-hydrogen) atoms. The first-order valence-electron chi connectivity index (χ1n) is 12.1. The molecule has 2 heterocycles. The van der Waals surface area contributed by atoms with Crippen molar-refractivity contribution in [2.75, 3.05) is 19.0 Å². The van der Waals surface area contributed by atoms with Gasteiger partial charge in [-0.15, -0.1) is 0 Å². The highest BCUT2D eigenvalue weighted by atomic mass is 16.5. The Balaban J connectivity index is 1.56. The Hall–Kier alpha value is -2.37. The van der Waals surface area contributed by atoms with Gasteiger partial charge in [-0.05, 0) is 63.4 Å². The largest absolute Gasteiger partial charge is 0.461 e. The normalized spacial score (nSPS) is 16.9. The number of furan rings is 1. The molecular formula is C27H37N3O2. The lowest BCUT2D eigenvalue weighted by atomic mass is 9.94. The molecule has 0 unspecified atom stereocenters. The lowest BCUT2D eigenvalue weighted by Gasteiger charge is -2.32. The number of nitrogens with one attached hydrogen (secondary N) is 2. The summed E-state index contributed by atoms with van der Waals surface area (Å²) < 4.78 is 11.9. The topological polar surface area (TPSA) is 59.3 Å². The van der Waals surface area contributed by atoms with Gasteiger partial charge < -0.3 is 19.8 Å². The number of ether oxygens (including phenoxy) is 1. The third-order valence-corrected chi connectivity index (χ3v) is 6.69. The number of pyridine rings is 1. The minimum Gasteiger partial charge on any atom is -0.461 e. The van der Waals surface area contributed by atoms with Crippen molar-refractivity contribution in [3.63, 3.8) is 0 Å². The number of nitrogens with zero attached hydrogens (tertiary/aromatic N) is 1. The second-order valence-corrected chi connectivity index (χ2v) is 9.16. The van der Waals surface area contributed by atoms with Gasteiger partial charge >= 0.3 is 0 Å². The molecule has 0 aliphatic heterocycles. The highest BCUT2D eigenvalue weighted by Gasteiger charge is 2.24. The van der Waals surface area contributed by atoms with Gasteiger partial charge in [-0.1, -0.05) is 37.8 Å². The van der Waals surface area contributed by atoms with E-state index >= 15 is 0 Å². The van der Waals surface area contributed by atoms with Crippen LogP contribution in [0.5, 0.6) is 0 Å². The van der Waals surface area contributed by atoms with Gasteiger partial charge in [-0.25, -0.2) is 4.98 Å². The van der Waals surface area contributed by atoms with Crippen molar-refractivity contribution in [3.8, 4) is 11.3 Å². The van der Waals surface area contributed by atoms with Crippen molar-refractivity contribution < 1.29 is 9.15 Å². The van der Waals surface area contributed by atoms with E-state index in [4.69, 9.17) is 14.1 Å². The van der Waals surface area contributed by atoms with Crippen LogP contribution >= 0.6 is 0 Å². The molecule has 5 heteroatoms. The predicted octanol–water partition coefficient (Wildman–Crippen LogP) is 6.24. The lowest BCUT2D eigenvalue weighted by molar-refractivity contribution is 0.0699. The highest BCUT2D eigenvalue weighted by Crippen LogP contribution is 2.32. The van der Waals surface area contributed by atoms with Crippen LogP contribution in [0.4, 0.5) is 5.82 Å². The summed E-state index contributed by atoms with van der Waals surface area (Å²) in [6.45, 7) is 7.00. The molecule has 0 radical (unpaired) electrons. The first kappa shape index (κ1) is 22.8. The number of rotatable bonds is 9. The van der Waals surface area contributed by atoms with E-state index in [1.165, 1.54) is 37.7 Å². The molecule has 4 rings (SSSR count). The van der Waals surface area contributed by atoms with Crippen molar-refractivity contribution in [1.29, 1.82) is 0 Å². The molecule has 0 saturated heterocycles. The molecule has 2 atom stereocenters. The van der Waals surface area contributed by atoms with Crippen LogP contribution in [0.15, 0.2) is 40.8 Å². The van der Waals surface area contributed by atoms with Gasteiger partial charge in [0.25, 0.3) is 0 Å². The van der Waals surface area contributed by atoms with E-state index in [1.807, 2.05) is 26.2 Å². The fourth-order valence-electron chi connectivity index (χ4n) is 4.84. The van der Waals surface area contributed by atoms with Gasteiger partial charge in [-0.3, -0.25) is 0 Å². The number of anilines is 1. The Kier molecular flexibility index (Phi) is 7.48. The number of aromatic nitrogens is 1. The SMILES string of the molecule is CC[C@@H](NC1CCCCC1)[C@H](CNc1nc2ccc(C)cc2cc1-c1ccc(C)o1)OC. The summed E-state index contributed by atoms with van der Waals surface area (Å²) in [5.41, 5.74) is 3.19. The van der Waals surface area contributed by atoms with Crippen LogP contribution in [0.3, 0.4) is 0 Å². The molecule has 3 aromatic rings. The Morgan fingerprint density at radius 3 is 2.59 bits per heavy atom. The van der Waals surface area contributed by atoms with Gasteiger partial charge in [0, 0.05) is 31.1 Å². The molecule has 1 aromatic carbocycles. The summed E-state index contributed by atoms with van der Waals surface area (Å²) >= 11 is 0. The van der Waals surface area contributed by atoms with Gasteiger partial charge in [0.1, 0.15) is 17.3 Å². The summed E-state index contributed by atoms with van der Waals surface area (Å²) in [6.07, 6.45) is 7.66. The zero-order valence-electron chi connectivity index (χ0n) is 19.9. The third-order valence-electron chi connectivity index (χ3n) is 6.69. The Morgan fingerprint density at radius 2 is 1.91 bits per heavy atom. The van der Waals surface area contributed by atoms with Crippen LogP contribution in [0.1, 0.15) is 56.8 Å². The number of aryl methyl sites for hydroxylation is 2. The van der Waals surface area contributed by atoms with E-state index in [9.17, 15) is 0 Å². The monoisotopic (exact) mass is 435 g/mol. The number of fused-ring (bicyclic) bond motifs is 1. The van der Waals surface area contributed by atoms with Gasteiger partial charge in [0.2, 0.25) is 0 Å². The van der Waals surface area contributed by atoms with Gasteiger partial charge in [0.15, 0.2) is 0 Å². The van der Waals surface area contributed by atoms with Crippen LogP contribution in [-0.4, -0.2) is 36.8 Å². The summed E-state index contributed by atoms with van der Waals surface area (Å²) in [6, 6.07) is 13.5. The van der Waals surface area contributed by atoms with Crippen LogP contribution in [-0.2, 0) is 4.74 Å². The average Bonchev–Trinajstić information content (AvgIpc) is 3.24. The van der Waals surface area contributed by atoms with Crippen molar-refractivity contribution in [2.24, 2.45) is 0 Å².